The van der Waals surface area contributed by atoms with Crippen molar-refractivity contribution in [3.63, 3.8) is 0 Å². The molecule has 4 nitrogen and oxygen atoms in total. The van der Waals surface area contributed by atoms with Gasteiger partial charge in [-0.25, -0.2) is 0 Å². The summed E-state index contributed by atoms with van der Waals surface area (Å²) in [6.07, 6.45) is -0.0430. The Balaban J connectivity index is 2.18. The van der Waals surface area contributed by atoms with Gasteiger partial charge in [0.05, 0.1) is 6.54 Å². The first-order valence-electron chi connectivity index (χ1n) is 5.89. The summed E-state index contributed by atoms with van der Waals surface area (Å²) in [4.78, 5) is 4.36. The highest BCUT2D eigenvalue weighted by Gasteiger charge is 2.17. The third kappa shape index (κ3) is 2.52. The Kier molecular flexibility index (Phi) is 3.22. The van der Waals surface area contributed by atoms with E-state index in [-0.39, 0.29) is 6.10 Å². The molecule has 1 aliphatic rings. The molecule has 1 atom stereocenters. The van der Waals surface area contributed by atoms with Gasteiger partial charge in [0, 0.05) is 12.2 Å². The Hall–Kier alpha value is -1.71. The van der Waals surface area contributed by atoms with E-state index < -0.39 is 0 Å². The molecule has 4 heteroatoms. The maximum Gasteiger partial charge on any atom is 0.152 e. The third-order valence-corrected chi connectivity index (χ3v) is 2.86. The van der Waals surface area contributed by atoms with Crippen LogP contribution < -0.4 is 15.8 Å². The number of hydrogen-bond donors (Lipinski definition) is 2. The van der Waals surface area contributed by atoms with Gasteiger partial charge in [0.15, 0.2) is 6.10 Å². The topological polar surface area (TPSA) is 59.6 Å². The minimum atomic E-state index is -0.0430. The number of anilines is 1. The molecule has 0 fully saturated rings. The van der Waals surface area contributed by atoms with Crippen molar-refractivity contribution < 1.29 is 4.74 Å². The van der Waals surface area contributed by atoms with Gasteiger partial charge < -0.3 is 15.8 Å². The van der Waals surface area contributed by atoms with Crippen molar-refractivity contribution in [3.05, 3.63) is 23.3 Å². The molecule has 92 valence electrons. The highest BCUT2D eigenvalue weighted by atomic mass is 16.5. The molecule has 0 spiro atoms. The van der Waals surface area contributed by atoms with E-state index in [9.17, 15) is 0 Å². The van der Waals surface area contributed by atoms with E-state index in [1.807, 2.05) is 32.9 Å². The zero-order valence-electron chi connectivity index (χ0n) is 10.6. The summed E-state index contributed by atoms with van der Waals surface area (Å²) in [5.74, 6) is 1.84. The number of rotatable bonds is 3. The first kappa shape index (κ1) is 11.8. The van der Waals surface area contributed by atoms with Crippen molar-refractivity contribution in [2.75, 3.05) is 18.8 Å². The van der Waals surface area contributed by atoms with Gasteiger partial charge in [-0.1, -0.05) is 0 Å². The van der Waals surface area contributed by atoms with Gasteiger partial charge in [0.1, 0.15) is 11.6 Å². The van der Waals surface area contributed by atoms with E-state index in [0.29, 0.717) is 0 Å². The molecule has 17 heavy (non-hydrogen) atoms. The minimum absolute atomic E-state index is 0.0430. The van der Waals surface area contributed by atoms with E-state index in [4.69, 9.17) is 10.5 Å². The number of aryl methyl sites for hydroxylation is 2. The van der Waals surface area contributed by atoms with Crippen molar-refractivity contribution >= 4 is 11.5 Å². The fourth-order valence-electron chi connectivity index (χ4n) is 2.09. The van der Waals surface area contributed by atoms with Crippen LogP contribution in [-0.2, 0) is 0 Å². The molecule has 0 saturated heterocycles. The smallest absolute Gasteiger partial charge is 0.152 e. The van der Waals surface area contributed by atoms with E-state index >= 15 is 0 Å². The van der Waals surface area contributed by atoms with Crippen LogP contribution in [0.25, 0.3) is 0 Å². The number of aliphatic imine (C=N–C) groups is 1. The van der Waals surface area contributed by atoms with Crippen LogP contribution in [0.5, 0.6) is 5.75 Å². The second-order valence-electron chi connectivity index (χ2n) is 4.44. The van der Waals surface area contributed by atoms with E-state index in [0.717, 1.165) is 41.5 Å². The van der Waals surface area contributed by atoms with E-state index in [1.54, 1.807) is 0 Å². The van der Waals surface area contributed by atoms with Crippen molar-refractivity contribution in [2.45, 2.75) is 26.9 Å². The molecule has 2 rings (SSSR count). The Morgan fingerprint density at radius 2 is 2.00 bits per heavy atom. The maximum absolute atomic E-state index is 5.97. The summed E-state index contributed by atoms with van der Waals surface area (Å²) < 4.78 is 5.97. The number of ether oxygens (including phenoxy) is 1. The fourth-order valence-corrected chi connectivity index (χ4v) is 2.09. The molecule has 1 unspecified atom stereocenters. The standard InChI is InChI=1S/C13H19N3O/c1-8-6-11(14)7-9(2)12(8)17-10(3)13-15-4-5-16-13/h6-7,10H,4-5,14H2,1-3H3,(H,15,16). The number of benzene rings is 1. The summed E-state index contributed by atoms with van der Waals surface area (Å²) in [5.41, 5.74) is 8.69. The molecule has 1 aliphatic heterocycles. The lowest BCUT2D eigenvalue weighted by atomic mass is 10.1. The largest absolute Gasteiger partial charge is 0.482 e. The van der Waals surface area contributed by atoms with Crippen LogP contribution in [0.2, 0.25) is 0 Å². The average molecular weight is 233 g/mol. The number of nitrogens with two attached hydrogens (primary N) is 1. The molecule has 0 amide bonds. The van der Waals surface area contributed by atoms with Crippen molar-refractivity contribution in [1.29, 1.82) is 0 Å². The average Bonchev–Trinajstić information content (AvgIpc) is 2.76. The number of hydrogen-bond acceptors (Lipinski definition) is 4. The van der Waals surface area contributed by atoms with E-state index in [1.165, 1.54) is 0 Å². The lowest BCUT2D eigenvalue weighted by molar-refractivity contribution is 0.280. The molecule has 1 aromatic rings. The summed E-state index contributed by atoms with van der Waals surface area (Å²) in [6, 6.07) is 3.86. The van der Waals surface area contributed by atoms with Crippen molar-refractivity contribution in [3.8, 4) is 5.75 Å². The van der Waals surface area contributed by atoms with Crippen LogP contribution in [-0.4, -0.2) is 25.0 Å². The predicted molar refractivity (Wildman–Crippen MR) is 70.7 cm³/mol. The summed E-state index contributed by atoms with van der Waals surface area (Å²) >= 11 is 0. The predicted octanol–water partition coefficient (Wildman–Crippen LogP) is 1.65. The lowest BCUT2D eigenvalue weighted by Crippen LogP contribution is -2.33. The van der Waals surface area contributed by atoms with E-state index in [2.05, 4.69) is 10.3 Å². The number of nitrogens with zero attached hydrogens (tertiary/aromatic N) is 1. The number of nitrogens with one attached hydrogen (secondary N) is 1. The number of amidine groups is 1. The second kappa shape index (κ2) is 4.65. The molecule has 3 N–H and O–H groups in total. The highest BCUT2D eigenvalue weighted by Crippen LogP contribution is 2.26. The fraction of sp³-hybridized carbons (Fsp3) is 0.462. The monoisotopic (exact) mass is 233 g/mol. The van der Waals surface area contributed by atoms with Gasteiger partial charge in [-0.05, 0) is 44.0 Å². The van der Waals surface area contributed by atoms with Crippen LogP contribution in [0.3, 0.4) is 0 Å². The van der Waals surface area contributed by atoms with Crippen LogP contribution in [0, 0.1) is 13.8 Å². The summed E-state index contributed by atoms with van der Waals surface area (Å²) in [5, 5.41) is 3.23. The molecule has 0 aliphatic carbocycles. The van der Waals surface area contributed by atoms with Gasteiger partial charge in [-0.2, -0.15) is 0 Å². The summed E-state index contributed by atoms with van der Waals surface area (Å²) in [6.45, 7) is 7.77. The molecular weight excluding hydrogens is 214 g/mol. The van der Waals surface area contributed by atoms with Gasteiger partial charge in [-0.3, -0.25) is 4.99 Å². The normalized spacial score (nSPS) is 16.3. The molecule has 0 saturated carbocycles. The SMILES string of the molecule is Cc1cc(N)cc(C)c1OC(C)C1=NCCN1. The summed E-state index contributed by atoms with van der Waals surface area (Å²) in [7, 11) is 0. The molecule has 0 aromatic heterocycles. The van der Waals surface area contributed by atoms with Crippen LogP contribution >= 0.6 is 0 Å². The zero-order chi connectivity index (χ0) is 12.4. The molecule has 1 heterocycles. The third-order valence-electron chi connectivity index (χ3n) is 2.86. The number of nitrogen functional groups attached to an aromatic ring is 1. The van der Waals surface area contributed by atoms with Crippen LogP contribution in [0.4, 0.5) is 5.69 Å². The van der Waals surface area contributed by atoms with Crippen LogP contribution in [0.15, 0.2) is 17.1 Å². The Labute approximate surface area is 102 Å². The van der Waals surface area contributed by atoms with Crippen LogP contribution in [0.1, 0.15) is 18.1 Å². The Morgan fingerprint density at radius 1 is 1.35 bits per heavy atom. The minimum Gasteiger partial charge on any atom is -0.482 e. The first-order chi connectivity index (χ1) is 8.08. The second-order valence-corrected chi connectivity index (χ2v) is 4.44. The van der Waals surface area contributed by atoms with Gasteiger partial charge in [0.25, 0.3) is 0 Å². The zero-order valence-corrected chi connectivity index (χ0v) is 10.6. The highest BCUT2D eigenvalue weighted by molar-refractivity contribution is 5.87. The van der Waals surface area contributed by atoms with Crippen molar-refractivity contribution in [2.24, 2.45) is 4.99 Å². The lowest BCUT2D eigenvalue weighted by Gasteiger charge is -2.19. The Morgan fingerprint density at radius 3 is 2.53 bits per heavy atom. The Bertz CT molecular complexity index is 431. The van der Waals surface area contributed by atoms with Gasteiger partial charge >= 0.3 is 0 Å². The molecule has 1 aromatic carbocycles. The van der Waals surface area contributed by atoms with Gasteiger partial charge in [0.2, 0.25) is 0 Å². The van der Waals surface area contributed by atoms with Crippen molar-refractivity contribution in [1.82, 2.24) is 5.32 Å². The van der Waals surface area contributed by atoms with Gasteiger partial charge in [-0.15, -0.1) is 0 Å². The first-order valence-corrected chi connectivity index (χ1v) is 5.89. The molecular formula is C13H19N3O. The maximum atomic E-state index is 5.97. The quantitative estimate of drug-likeness (QED) is 0.780. The molecule has 0 radical (unpaired) electrons. The molecule has 0 bridgehead atoms.